The van der Waals surface area contributed by atoms with E-state index in [1.54, 1.807) is 19.1 Å². The van der Waals surface area contributed by atoms with E-state index in [2.05, 4.69) is 15.4 Å². The summed E-state index contributed by atoms with van der Waals surface area (Å²) in [7, 11) is -3.72. The minimum absolute atomic E-state index is 0. The molecule has 3 rings (SSSR count). The van der Waals surface area contributed by atoms with Crippen molar-refractivity contribution in [2.75, 3.05) is 13.1 Å². The number of halogens is 1. The second kappa shape index (κ2) is 10.0. The molecule has 1 aliphatic heterocycles. The maximum absolute atomic E-state index is 12.7. The minimum Gasteiger partial charge on any atom is -0.350 e. The number of aryl methyl sites for hydroxylation is 1. The summed E-state index contributed by atoms with van der Waals surface area (Å²) in [5, 5.41) is 6.20. The first kappa shape index (κ1) is 22.4. The summed E-state index contributed by atoms with van der Waals surface area (Å²) < 4.78 is 28.0. The standard InChI is InChI=1S/C20H25N3O3S.ClH/c1-15-9-10-17(20(24)22-14-18-8-5-11-21-18)12-19(15)27(25,26)23-13-16-6-3-2-4-7-16;/h2-4,6-7,9-10,12,18,21,23H,5,8,11,13-14H2,1H3,(H,22,24);1H. The van der Waals surface area contributed by atoms with Gasteiger partial charge in [-0.25, -0.2) is 13.1 Å². The van der Waals surface area contributed by atoms with Crippen LogP contribution in [-0.4, -0.2) is 33.5 Å². The highest BCUT2D eigenvalue weighted by Gasteiger charge is 2.20. The quantitative estimate of drug-likeness (QED) is 0.638. The summed E-state index contributed by atoms with van der Waals surface area (Å²) in [5.74, 6) is -0.261. The molecule has 152 valence electrons. The van der Waals surface area contributed by atoms with Gasteiger partial charge in [-0.15, -0.1) is 12.4 Å². The van der Waals surface area contributed by atoms with Crippen LogP contribution in [0.15, 0.2) is 53.4 Å². The van der Waals surface area contributed by atoms with Crippen molar-refractivity contribution in [3.63, 3.8) is 0 Å². The fraction of sp³-hybridized carbons (Fsp3) is 0.350. The third kappa shape index (κ3) is 5.78. The van der Waals surface area contributed by atoms with E-state index in [0.29, 0.717) is 17.7 Å². The second-order valence-electron chi connectivity index (χ2n) is 6.79. The van der Waals surface area contributed by atoms with Crippen LogP contribution in [0.5, 0.6) is 0 Å². The van der Waals surface area contributed by atoms with Gasteiger partial charge in [0.05, 0.1) is 4.90 Å². The van der Waals surface area contributed by atoms with Gasteiger partial charge < -0.3 is 10.6 Å². The highest BCUT2D eigenvalue weighted by molar-refractivity contribution is 7.89. The number of carbonyl (C=O) groups is 1. The van der Waals surface area contributed by atoms with Gasteiger partial charge in [0, 0.05) is 24.7 Å². The number of hydrogen-bond acceptors (Lipinski definition) is 4. The van der Waals surface area contributed by atoms with Crippen molar-refractivity contribution in [2.24, 2.45) is 0 Å². The van der Waals surface area contributed by atoms with Gasteiger partial charge in [-0.1, -0.05) is 36.4 Å². The lowest BCUT2D eigenvalue weighted by Crippen LogP contribution is -2.37. The average molecular weight is 424 g/mol. The van der Waals surface area contributed by atoms with Crippen LogP contribution in [0.4, 0.5) is 0 Å². The molecule has 6 nitrogen and oxygen atoms in total. The van der Waals surface area contributed by atoms with E-state index in [-0.39, 0.29) is 35.8 Å². The molecule has 0 spiro atoms. The summed E-state index contributed by atoms with van der Waals surface area (Å²) >= 11 is 0. The van der Waals surface area contributed by atoms with Crippen molar-refractivity contribution in [2.45, 2.75) is 37.2 Å². The maximum atomic E-state index is 12.7. The number of sulfonamides is 1. The zero-order valence-corrected chi connectivity index (χ0v) is 17.4. The Hall–Kier alpha value is -1.93. The number of hydrogen-bond donors (Lipinski definition) is 3. The number of benzene rings is 2. The van der Waals surface area contributed by atoms with Gasteiger partial charge in [0.15, 0.2) is 0 Å². The molecule has 8 heteroatoms. The van der Waals surface area contributed by atoms with Crippen LogP contribution in [0.3, 0.4) is 0 Å². The fourth-order valence-electron chi connectivity index (χ4n) is 3.13. The molecule has 1 unspecified atom stereocenters. The Bertz CT molecular complexity index is 898. The van der Waals surface area contributed by atoms with E-state index in [4.69, 9.17) is 0 Å². The van der Waals surface area contributed by atoms with Gasteiger partial charge in [-0.2, -0.15) is 0 Å². The van der Waals surface area contributed by atoms with Crippen LogP contribution >= 0.6 is 12.4 Å². The van der Waals surface area contributed by atoms with Crippen LogP contribution in [-0.2, 0) is 16.6 Å². The number of carbonyl (C=O) groups excluding carboxylic acids is 1. The summed E-state index contributed by atoms with van der Waals surface area (Å²) in [6, 6.07) is 14.4. The number of amides is 1. The van der Waals surface area contributed by atoms with Gasteiger partial charge in [0.2, 0.25) is 10.0 Å². The molecule has 0 aromatic heterocycles. The third-order valence-corrected chi connectivity index (χ3v) is 6.26. The molecular formula is C20H26ClN3O3S. The summed E-state index contributed by atoms with van der Waals surface area (Å²) in [5.41, 5.74) is 1.82. The summed E-state index contributed by atoms with van der Waals surface area (Å²) in [6.07, 6.45) is 2.15. The van der Waals surface area contributed by atoms with Crippen LogP contribution in [0.2, 0.25) is 0 Å². The molecule has 1 heterocycles. The topological polar surface area (TPSA) is 87.3 Å². The van der Waals surface area contributed by atoms with Crippen molar-refractivity contribution in [1.29, 1.82) is 0 Å². The van der Waals surface area contributed by atoms with Gasteiger partial charge in [-0.05, 0) is 49.6 Å². The highest BCUT2D eigenvalue weighted by atomic mass is 35.5. The Balaban J connectivity index is 0.00000280. The lowest BCUT2D eigenvalue weighted by atomic mass is 10.1. The average Bonchev–Trinajstić information content (AvgIpc) is 3.19. The monoisotopic (exact) mass is 423 g/mol. The Labute approximate surface area is 172 Å². The molecule has 1 aliphatic rings. The van der Waals surface area contributed by atoms with Crippen molar-refractivity contribution in [1.82, 2.24) is 15.4 Å². The summed E-state index contributed by atoms with van der Waals surface area (Å²) in [4.78, 5) is 12.5. The van der Waals surface area contributed by atoms with Crippen LogP contribution < -0.4 is 15.4 Å². The molecule has 2 aromatic carbocycles. The first-order chi connectivity index (χ1) is 13.0. The van der Waals surface area contributed by atoms with Crippen LogP contribution in [0.1, 0.15) is 34.3 Å². The van der Waals surface area contributed by atoms with E-state index < -0.39 is 10.0 Å². The molecule has 1 saturated heterocycles. The zero-order valence-electron chi connectivity index (χ0n) is 15.8. The van der Waals surface area contributed by atoms with Crippen molar-refractivity contribution in [3.05, 3.63) is 65.2 Å². The van der Waals surface area contributed by atoms with Gasteiger partial charge in [-0.3, -0.25) is 4.79 Å². The Kier molecular flexibility index (Phi) is 8.00. The molecular weight excluding hydrogens is 398 g/mol. The molecule has 0 aliphatic carbocycles. The van der Waals surface area contributed by atoms with Crippen LogP contribution in [0, 0.1) is 6.92 Å². The molecule has 2 aromatic rings. The molecule has 0 radical (unpaired) electrons. The number of rotatable bonds is 7. The predicted molar refractivity (Wildman–Crippen MR) is 112 cm³/mol. The molecule has 1 fully saturated rings. The molecule has 28 heavy (non-hydrogen) atoms. The largest absolute Gasteiger partial charge is 0.350 e. The number of nitrogens with one attached hydrogen (secondary N) is 3. The first-order valence-corrected chi connectivity index (χ1v) is 10.6. The molecule has 1 atom stereocenters. The fourth-order valence-corrected chi connectivity index (χ4v) is 4.42. The van der Waals surface area contributed by atoms with E-state index in [0.717, 1.165) is 24.9 Å². The lowest BCUT2D eigenvalue weighted by molar-refractivity contribution is 0.0950. The van der Waals surface area contributed by atoms with E-state index in [1.165, 1.54) is 6.07 Å². The van der Waals surface area contributed by atoms with E-state index in [1.807, 2.05) is 30.3 Å². The van der Waals surface area contributed by atoms with Gasteiger partial charge in [0.25, 0.3) is 5.91 Å². The third-order valence-electron chi connectivity index (χ3n) is 4.72. The zero-order chi connectivity index (χ0) is 19.3. The van der Waals surface area contributed by atoms with E-state index in [9.17, 15) is 13.2 Å². The highest BCUT2D eigenvalue weighted by Crippen LogP contribution is 2.18. The molecule has 3 N–H and O–H groups in total. The van der Waals surface area contributed by atoms with Crippen LogP contribution in [0.25, 0.3) is 0 Å². The smallest absolute Gasteiger partial charge is 0.251 e. The van der Waals surface area contributed by atoms with Gasteiger partial charge in [0.1, 0.15) is 0 Å². The minimum atomic E-state index is -3.72. The first-order valence-electron chi connectivity index (χ1n) is 9.11. The second-order valence-corrected chi connectivity index (χ2v) is 8.53. The maximum Gasteiger partial charge on any atom is 0.251 e. The predicted octanol–water partition coefficient (Wildman–Crippen LogP) is 2.38. The van der Waals surface area contributed by atoms with Crippen molar-refractivity contribution in [3.8, 4) is 0 Å². The Morgan fingerprint density at radius 1 is 1.18 bits per heavy atom. The molecule has 0 bridgehead atoms. The Morgan fingerprint density at radius 2 is 1.93 bits per heavy atom. The normalized spacial score (nSPS) is 16.4. The lowest BCUT2D eigenvalue weighted by Gasteiger charge is -2.13. The van der Waals surface area contributed by atoms with E-state index >= 15 is 0 Å². The Morgan fingerprint density at radius 3 is 2.61 bits per heavy atom. The SMILES string of the molecule is Cc1ccc(C(=O)NCC2CCCN2)cc1S(=O)(=O)NCc1ccccc1.Cl. The van der Waals surface area contributed by atoms with Gasteiger partial charge >= 0.3 is 0 Å². The van der Waals surface area contributed by atoms with Crippen molar-refractivity contribution < 1.29 is 13.2 Å². The summed E-state index contributed by atoms with van der Waals surface area (Å²) in [6.45, 7) is 3.44. The molecule has 1 amide bonds. The molecule has 0 saturated carbocycles. The van der Waals surface area contributed by atoms with Crippen molar-refractivity contribution >= 4 is 28.3 Å².